The van der Waals surface area contributed by atoms with Crippen LogP contribution in [0.25, 0.3) is 0 Å². The Balaban J connectivity index is 0.00000312. The summed E-state index contributed by atoms with van der Waals surface area (Å²) in [5.74, 6) is 1.78. The number of aliphatic imine (C=N–C) groups is 1. The quantitative estimate of drug-likeness (QED) is 0.356. The van der Waals surface area contributed by atoms with Crippen molar-refractivity contribution >= 4 is 29.9 Å². The molecule has 1 fully saturated rings. The number of phenolic OH excluding ortho intramolecular Hbond substituents is 1. The van der Waals surface area contributed by atoms with Crippen LogP contribution in [0.15, 0.2) is 23.2 Å². The van der Waals surface area contributed by atoms with Crippen LogP contribution in [0.4, 0.5) is 0 Å². The molecule has 0 radical (unpaired) electrons. The molecule has 2 rings (SSSR count). The van der Waals surface area contributed by atoms with E-state index in [9.17, 15) is 5.11 Å². The van der Waals surface area contributed by atoms with E-state index >= 15 is 0 Å². The lowest BCUT2D eigenvalue weighted by molar-refractivity contribution is 0.216. The minimum Gasteiger partial charge on any atom is -0.508 e. The normalized spacial score (nSPS) is 17.5. The van der Waals surface area contributed by atoms with Crippen LogP contribution in [0.1, 0.15) is 45.1 Å². The minimum atomic E-state index is 0. The van der Waals surface area contributed by atoms with E-state index in [1.54, 1.807) is 20.2 Å². The second kappa shape index (κ2) is 10.1. The molecule has 0 amide bonds. The molecule has 0 atom stereocenters. The molecule has 1 aromatic rings. The first-order valence-corrected chi connectivity index (χ1v) is 8.76. The molecule has 3 N–H and O–H groups in total. The number of aromatic hydroxyl groups is 1. The van der Waals surface area contributed by atoms with E-state index < -0.39 is 0 Å². The van der Waals surface area contributed by atoms with Crippen molar-refractivity contribution in [3.05, 3.63) is 23.8 Å². The highest BCUT2D eigenvalue weighted by atomic mass is 127. The molecule has 5 nitrogen and oxygen atoms in total. The average Bonchev–Trinajstić information content (AvgIpc) is 2.56. The number of nitrogens with one attached hydrogen (secondary N) is 2. The van der Waals surface area contributed by atoms with E-state index in [0.29, 0.717) is 17.2 Å². The number of ether oxygens (including phenoxy) is 1. The number of benzene rings is 1. The van der Waals surface area contributed by atoms with Gasteiger partial charge in [-0.15, -0.1) is 24.0 Å². The van der Waals surface area contributed by atoms with E-state index in [0.717, 1.165) is 24.5 Å². The van der Waals surface area contributed by atoms with Gasteiger partial charge in [-0.3, -0.25) is 4.99 Å². The number of nitrogens with zero attached hydrogens (tertiary/aromatic N) is 1. The number of rotatable bonds is 5. The van der Waals surface area contributed by atoms with Crippen LogP contribution in [0.2, 0.25) is 0 Å². The number of methoxy groups -OCH3 is 1. The molecule has 1 aliphatic carbocycles. The summed E-state index contributed by atoms with van der Waals surface area (Å²) in [4.78, 5) is 4.31. The van der Waals surface area contributed by atoms with Gasteiger partial charge in [0, 0.05) is 25.7 Å². The maximum atomic E-state index is 10.0. The Hall–Kier alpha value is -1.18. The van der Waals surface area contributed by atoms with Gasteiger partial charge in [0.1, 0.15) is 11.5 Å². The fraction of sp³-hybridized carbons (Fsp3) is 0.632. The predicted octanol–water partition coefficient (Wildman–Crippen LogP) is 3.70. The van der Waals surface area contributed by atoms with Crippen molar-refractivity contribution in [1.82, 2.24) is 10.6 Å². The monoisotopic (exact) mass is 461 g/mol. The van der Waals surface area contributed by atoms with Crippen molar-refractivity contribution < 1.29 is 9.84 Å². The van der Waals surface area contributed by atoms with E-state index in [2.05, 4.69) is 29.5 Å². The molecule has 0 unspecified atom stereocenters. The summed E-state index contributed by atoms with van der Waals surface area (Å²) in [7, 11) is 3.39. The maximum absolute atomic E-state index is 10.0. The highest BCUT2D eigenvalue weighted by molar-refractivity contribution is 14.0. The number of hydrogen-bond donors (Lipinski definition) is 3. The van der Waals surface area contributed by atoms with E-state index in [4.69, 9.17) is 4.74 Å². The highest BCUT2D eigenvalue weighted by Crippen LogP contribution is 2.34. The van der Waals surface area contributed by atoms with Gasteiger partial charge in [-0.2, -0.15) is 0 Å². The molecule has 0 spiro atoms. The summed E-state index contributed by atoms with van der Waals surface area (Å²) in [5, 5.41) is 16.9. The predicted molar refractivity (Wildman–Crippen MR) is 114 cm³/mol. The van der Waals surface area contributed by atoms with Gasteiger partial charge < -0.3 is 20.5 Å². The van der Waals surface area contributed by atoms with Crippen LogP contribution >= 0.6 is 24.0 Å². The Kier molecular flexibility index (Phi) is 8.82. The molecule has 6 heteroatoms. The second-order valence-corrected chi connectivity index (χ2v) is 7.33. The summed E-state index contributed by atoms with van der Waals surface area (Å²) >= 11 is 0. The first kappa shape index (κ1) is 21.9. The first-order valence-electron chi connectivity index (χ1n) is 8.76. The van der Waals surface area contributed by atoms with Crippen LogP contribution < -0.4 is 15.4 Å². The van der Waals surface area contributed by atoms with E-state index in [-0.39, 0.29) is 29.7 Å². The lowest BCUT2D eigenvalue weighted by Gasteiger charge is -2.35. The lowest BCUT2D eigenvalue weighted by Crippen LogP contribution is -2.46. The summed E-state index contributed by atoms with van der Waals surface area (Å²) in [6, 6.07) is 5.91. The third-order valence-corrected chi connectivity index (χ3v) is 4.88. The van der Waals surface area contributed by atoms with Gasteiger partial charge in [0.05, 0.1) is 7.11 Å². The molecule has 1 saturated carbocycles. The van der Waals surface area contributed by atoms with Crippen molar-refractivity contribution in [3.63, 3.8) is 0 Å². The number of hydrogen-bond acceptors (Lipinski definition) is 3. The zero-order valence-corrected chi connectivity index (χ0v) is 18.1. The summed E-state index contributed by atoms with van der Waals surface area (Å²) in [6.07, 6.45) is 5.61. The van der Waals surface area contributed by atoms with Crippen molar-refractivity contribution in [1.29, 1.82) is 0 Å². The zero-order valence-electron chi connectivity index (χ0n) is 15.8. The topological polar surface area (TPSA) is 65.9 Å². The zero-order chi connectivity index (χ0) is 17.6. The molecule has 0 aromatic heterocycles. The first-order chi connectivity index (χ1) is 11.4. The highest BCUT2D eigenvalue weighted by Gasteiger charge is 2.27. The Morgan fingerprint density at radius 1 is 1.32 bits per heavy atom. The average molecular weight is 461 g/mol. The number of halogens is 1. The van der Waals surface area contributed by atoms with E-state index in [1.165, 1.54) is 25.7 Å². The summed E-state index contributed by atoms with van der Waals surface area (Å²) in [6.45, 7) is 5.41. The van der Waals surface area contributed by atoms with Gasteiger partial charge in [0.2, 0.25) is 0 Å². The van der Waals surface area contributed by atoms with Crippen LogP contribution in [0.5, 0.6) is 11.5 Å². The Bertz CT molecular complexity index is 566. The SMILES string of the molecule is CN=C(NCCc1ccc(OC)cc1O)NC1CCC(C)(C)CC1.I. The lowest BCUT2D eigenvalue weighted by atomic mass is 9.75. The largest absolute Gasteiger partial charge is 0.508 e. The standard InChI is InChI=1S/C19H31N3O2.HI/c1-19(2)10-7-15(8-11-19)22-18(20-3)21-12-9-14-5-6-16(24-4)13-17(14)23;/h5-6,13,15,23H,7-12H2,1-4H3,(H2,20,21,22);1H. The molecule has 1 aliphatic rings. The molecule has 1 aromatic carbocycles. The molecule has 25 heavy (non-hydrogen) atoms. The van der Waals surface area contributed by atoms with Gasteiger partial charge in [0.15, 0.2) is 5.96 Å². The summed E-state index contributed by atoms with van der Waals surface area (Å²) in [5.41, 5.74) is 1.37. The molecule has 0 bridgehead atoms. The maximum Gasteiger partial charge on any atom is 0.191 e. The summed E-state index contributed by atoms with van der Waals surface area (Å²) < 4.78 is 5.10. The van der Waals surface area contributed by atoms with Gasteiger partial charge >= 0.3 is 0 Å². The molecule has 0 heterocycles. The van der Waals surface area contributed by atoms with Crippen molar-refractivity contribution in [2.45, 2.75) is 52.0 Å². The Morgan fingerprint density at radius 3 is 2.56 bits per heavy atom. The van der Waals surface area contributed by atoms with Crippen LogP contribution in [-0.4, -0.2) is 37.8 Å². The van der Waals surface area contributed by atoms with Gasteiger partial charge in [-0.1, -0.05) is 19.9 Å². The molecule has 142 valence electrons. The fourth-order valence-electron chi connectivity index (χ4n) is 3.13. The van der Waals surface area contributed by atoms with Crippen LogP contribution in [-0.2, 0) is 6.42 Å². The molecular formula is C19H32IN3O2. The van der Waals surface area contributed by atoms with Crippen molar-refractivity contribution in [2.75, 3.05) is 20.7 Å². The number of phenols is 1. The van der Waals surface area contributed by atoms with Crippen molar-refractivity contribution in [2.24, 2.45) is 10.4 Å². The third-order valence-electron chi connectivity index (χ3n) is 4.88. The van der Waals surface area contributed by atoms with Crippen LogP contribution in [0.3, 0.4) is 0 Å². The van der Waals surface area contributed by atoms with Gasteiger partial charge in [-0.25, -0.2) is 0 Å². The Morgan fingerprint density at radius 2 is 2.00 bits per heavy atom. The van der Waals surface area contributed by atoms with Gasteiger partial charge in [0.25, 0.3) is 0 Å². The number of guanidine groups is 1. The van der Waals surface area contributed by atoms with Crippen LogP contribution in [0, 0.1) is 5.41 Å². The van der Waals surface area contributed by atoms with E-state index in [1.807, 2.05) is 12.1 Å². The van der Waals surface area contributed by atoms with Crippen molar-refractivity contribution in [3.8, 4) is 11.5 Å². The molecule has 0 saturated heterocycles. The fourth-order valence-corrected chi connectivity index (χ4v) is 3.13. The second-order valence-electron chi connectivity index (χ2n) is 7.33. The minimum absolute atomic E-state index is 0. The molecule has 0 aliphatic heterocycles. The van der Waals surface area contributed by atoms with Gasteiger partial charge in [-0.05, 0) is 49.1 Å². The Labute approximate surface area is 168 Å². The molecular weight excluding hydrogens is 429 g/mol. The third kappa shape index (κ3) is 6.92. The smallest absolute Gasteiger partial charge is 0.191 e.